The summed E-state index contributed by atoms with van der Waals surface area (Å²) in [7, 11) is 1.37. The van der Waals surface area contributed by atoms with Crippen molar-refractivity contribution in [2.24, 2.45) is 0 Å². The maximum Gasteiger partial charge on any atom is 0.306 e. The fourth-order valence-electron chi connectivity index (χ4n) is 1.58. The van der Waals surface area contributed by atoms with Gasteiger partial charge in [-0.15, -0.1) is 10.2 Å². The maximum atomic E-state index is 11.0. The zero-order valence-corrected chi connectivity index (χ0v) is 12.5. The highest BCUT2D eigenvalue weighted by Crippen LogP contribution is 2.25. The first kappa shape index (κ1) is 14.6. The Kier molecular flexibility index (Phi) is 4.79. The molecular formula is C14H16N2O3S. The van der Waals surface area contributed by atoms with Crippen molar-refractivity contribution in [1.82, 2.24) is 10.2 Å². The normalized spacial score (nSPS) is 10.6. The average Bonchev–Trinajstić information content (AvgIpc) is 2.90. The molecule has 0 unspecified atom stereocenters. The second kappa shape index (κ2) is 6.56. The first-order valence-electron chi connectivity index (χ1n) is 6.21. The molecule has 0 aliphatic heterocycles. The molecule has 1 heterocycles. The Morgan fingerprint density at radius 2 is 2.10 bits per heavy atom. The van der Waals surface area contributed by atoms with Gasteiger partial charge in [-0.1, -0.05) is 17.8 Å². The Morgan fingerprint density at radius 3 is 2.80 bits per heavy atom. The molecule has 2 rings (SSSR count). The van der Waals surface area contributed by atoms with Gasteiger partial charge in [-0.05, 0) is 37.1 Å². The third kappa shape index (κ3) is 3.60. The molecule has 0 amide bonds. The average molecular weight is 292 g/mol. The third-order valence-electron chi connectivity index (χ3n) is 2.92. The third-order valence-corrected chi connectivity index (χ3v) is 3.74. The van der Waals surface area contributed by atoms with E-state index in [0.29, 0.717) is 23.3 Å². The van der Waals surface area contributed by atoms with Crippen LogP contribution in [0.1, 0.15) is 17.5 Å². The number of ether oxygens (including phenoxy) is 1. The van der Waals surface area contributed by atoms with Crippen molar-refractivity contribution >= 4 is 17.7 Å². The number of nitrogens with zero attached hydrogens (tertiary/aromatic N) is 2. The lowest BCUT2D eigenvalue weighted by atomic mass is 10.1. The van der Waals surface area contributed by atoms with Crippen LogP contribution in [0.5, 0.6) is 0 Å². The van der Waals surface area contributed by atoms with Crippen LogP contribution in [0.3, 0.4) is 0 Å². The first-order valence-corrected chi connectivity index (χ1v) is 7.19. The van der Waals surface area contributed by atoms with Crippen molar-refractivity contribution < 1.29 is 13.9 Å². The molecule has 0 N–H and O–H groups in total. The first-order chi connectivity index (χ1) is 9.60. The van der Waals surface area contributed by atoms with Crippen molar-refractivity contribution in [3.8, 4) is 11.5 Å². The number of hydrogen-bond acceptors (Lipinski definition) is 6. The predicted molar refractivity (Wildman–Crippen MR) is 76.6 cm³/mol. The van der Waals surface area contributed by atoms with E-state index >= 15 is 0 Å². The summed E-state index contributed by atoms with van der Waals surface area (Å²) >= 11 is 1.35. The molecule has 0 saturated heterocycles. The van der Waals surface area contributed by atoms with Gasteiger partial charge in [-0.3, -0.25) is 4.79 Å². The van der Waals surface area contributed by atoms with E-state index in [4.69, 9.17) is 4.42 Å². The lowest BCUT2D eigenvalue weighted by Crippen LogP contribution is -2.00. The number of thioether (sulfide) groups is 1. The molecule has 2 aromatic rings. The van der Waals surface area contributed by atoms with Gasteiger partial charge < -0.3 is 9.15 Å². The van der Waals surface area contributed by atoms with E-state index in [-0.39, 0.29) is 5.97 Å². The molecule has 0 atom stereocenters. The maximum absolute atomic E-state index is 11.0. The molecule has 0 spiro atoms. The van der Waals surface area contributed by atoms with Crippen LogP contribution >= 0.6 is 11.8 Å². The number of aromatic nitrogens is 2. The van der Waals surface area contributed by atoms with Gasteiger partial charge in [-0.25, -0.2) is 0 Å². The number of methoxy groups -OCH3 is 1. The van der Waals surface area contributed by atoms with Gasteiger partial charge in [0, 0.05) is 11.3 Å². The van der Waals surface area contributed by atoms with Crippen LogP contribution in [0.4, 0.5) is 0 Å². The van der Waals surface area contributed by atoms with E-state index in [1.165, 1.54) is 30.0 Å². The van der Waals surface area contributed by atoms with Crippen molar-refractivity contribution in [2.75, 3.05) is 12.9 Å². The molecule has 5 nitrogen and oxygen atoms in total. The topological polar surface area (TPSA) is 65.2 Å². The number of carbonyl (C=O) groups is 1. The Bertz CT molecular complexity index is 610. The molecule has 0 aliphatic carbocycles. The van der Waals surface area contributed by atoms with E-state index in [9.17, 15) is 4.79 Å². The fourth-order valence-corrected chi connectivity index (χ4v) is 2.26. The van der Waals surface area contributed by atoms with Gasteiger partial charge in [0.2, 0.25) is 5.89 Å². The van der Waals surface area contributed by atoms with Crippen molar-refractivity contribution in [3.63, 3.8) is 0 Å². The summed E-state index contributed by atoms with van der Waals surface area (Å²) in [5.74, 6) is 0.807. The van der Waals surface area contributed by atoms with E-state index in [1.807, 2.05) is 25.1 Å². The van der Waals surface area contributed by atoms with Gasteiger partial charge in [-0.2, -0.15) is 0 Å². The minimum absolute atomic E-state index is 0.244. The molecule has 1 aromatic heterocycles. The molecule has 0 saturated carbocycles. The van der Waals surface area contributed by atoms with Crippen molar-refractivity contribution in [2.45, 2.75) is 25.5 Å². The van der Waals surface area contributed by atoms with Crippen molar-refractivity contribution in [1.29, 1.82) is 0 Å². The SMILES string of the molecule is COC(=O)CCSc1nnc(-c2ccc(C)c(C)c2)o1. The van der Waals surface area contributed by atoms with Crippen LogP contribution in [0.25, 0.3) is 11.5 Å². The van der Waals surface area contributed by atoms with Crippen LogP contribution in [-0.2, 0) is 9.53 Å². The van der Waals surface area contributed by atoms with Crippen LogP contribution in [-0.4, -0.2) is 29.0 Å². The van der Waals surface area contributed by atoms with Gasteiger partial charge in [0.15, 0.2) is 0 Å². The lowest BCUT2D eigenvalue weighted by Gasteiger charge is -2.00. The number of aryl methyl sites for hydroxylation is 2. The Morgan fingerprint density at radius 1 is 1.30 bits per heavy atom. The zero-order chi connectivity index (χ0) is 14.5. The monoisotopic (exact) mass is 292 g/mol. The summed E-state index contributed by atoms with van der Waals surface area (Å²) < 4.78 is 10.1. The molecule has 0 fully saturated rings. The smallest absolute Gasteiger partial charge is 0.306 e. The molecule has 0 bridgehead atoms. The van der Waals surface area contributed by atoms with E-state index in [1.54, 1.807) is 0 Å². The lowest BCUT2D eigenvalue weighted by molar-refractivity contribution is -0.140. The predicted octanol–water partition coefficient (Wildman–Crippen LogP) is 3.01. The number of carbonyl (C=O) groups excluding carboxylic acids is 1. The van der Waals surface area contributed by atoms with Crippen LogP contribution in [0.2, 0.25) is 0 Å². The van der Waals surface area contributed by atoms with Crippen LogP contribution in [0.15, 0.2) is 27.8 Å². The second-order valence-electron chi connectivity index (χ2n) is 4.35. The zero-order valence-electron chi connectivity index (χ0n) is 11.7. The summed E-state index contributed by atoms with van der Waals surface area (Å²) in [4.78, 5) is 11.0. The van der Waals surface area contributed by atoms with E-state index < -0.39 is 0 Å². The quantitative estimate of drug-likeness (QED) is 0.623. The number of hydrogen-bond donors (Lipinski definition) is 0. The van der Waals surface area contributed by atoms with Gasteiger partial charge in [0.1, 0.15) is 0 Å². The summed E-state index contributed by atoms with van der Waals surface area (Å²) in [5.41, 5.74) is 3.31. The molecule has 0 radical (unpaired) electrons. The van der Waals surface area contributed by atoms with Crippen LogP contribution < -0.4 is 0 Å². The number of benzene rings is 1. The highest BCUT2D eigenvalue weighted by molar-refractivity contribution is 7.99. The summed E-state index contributed by atoms with van der Waals surface area (Å²) in [5, 5.41) is 8.44. The van der Waals surface area contributed by atoms with Crippen molar-refractivity contribution in [3.05, 3.63) is 29.3 Å². The number of esters is 1. The molecular weight excluding hydrogens is 276 g/mol. The van der Waals surface area contributed by atoms with Crippen LogP contribution in [0, 0.1) is 13.8 Å². The highest BCUT2D eigenvalue weighted by atomic mass is 32.2. The number of rotatable bonds is 5. The molecule has 1 aromatic carbocycles. The second-order valence-corrected chi connectivity index (χ2v) is 5.39. The summed E-state index contributed by atoms with van der Waals surface area (Å²) in [6.07, 6.45) is 0.322. The molecule has 20 heavy (non-hydrogen) atoms. The Labute approximate surface area is 121 Å². The van der Waals surface area contributed by atoms with E-state index in [0.717, 1.165) is 5.56 Å². The molecule has 106 valence electrons. The highest BCUT2D eigenvalue weighted by Gasteiger charge is 2.10. The molecule has 6 heteroatoms. The van der Waals surface area contributed by atoms with Gasteiger partial charge in [0.25, 0.3) is 5.22 Å². The largest absolute Gasteiger partial charge is 0.469 e. The Balaban J connectivity index is 2.01. The summed E-state index contributed by atoms with van der Waals surface area (Å²) in [6, 6.07) is 6.00. The summed E-state index contributed by atoms with van der Waals surface area (Å²) in [6.45, 7) is 4.10. The van der Waals surface area contributed by atoms with E-state index in [2.05, 4.69) is 21.9 Å². The molecule has 0 aliphatic rings. The fraction of sp³-hybridized carbons (Fsp3) is 0.357. The standard InChI is InChI=1S/C14H16N2O3S/c1-9-4-5-11(8-10(9)2)13-15-16-14(19-13)20-7-6-12(17)18-3/h4-5,8H,6-7H2,1-3H3. The minimum atomic E-state index is -0.244. The minimum Gasteiger partial charge on any atom is -0.469 e. The van der Waals surface area contributed by atoms with Gasteiger partial charge in [0.05, 0.1) is 13.5 Å². The van der Waals surface area contributed by atoms with Gasteiger partial charge >= 0.3 is 5.97 Å². The Hall–Kier alpha value is -1.82.